The van der Waals surface area contributed by atoms with Crippen LogP contribution in [0.3, 0.4) is 0 Å². The largest absolute Gasteiger partial charge is 0.496 e. The quantitative estimate of drug-likeness (QED) is 0.543. The molecule has 0 aliphatic carbocycles. The molecule has 1 rings (SSSR count). The minimum atomic E-state index is 0.891. The van der Waals surface area contributed by atoms with Crippen LogP contribution in [0.25, 0.3) is 0 Å². The molecule has 0 spiro atoms. The van der Waals surface area contributed by atoms with Crippen LogP contribution in [0.15, 0.2) is 24.3 Å². The molecule has 0 saturated carbocycles. The molecule has 0 aliphatic heterocycles. The summed E-state index contributed by atoms with van der Waals surface area (Å²) in [7, 11) is 1.73. The molecule has 3 nitrogen and oxygen atoms in total. The molecular weight excluding hydrogens is 260 g/mol. The molecule has 0 heterocycles. The number of nitrogens with one attached hydrogen (secondary N) is 2. The Kier molecular flexibility index (Phi) is 10.8. The molecule has 2 N–H and O–H groups in total. The van der Waals surface area contributed by atoms with Gasteiger partial charge in [0.25, 0.3) is 0 Å². The first-order valence-corrected chi connectivity index (χ1v) is 8.41. The third-order valence-electron chi connectivity index (χ3n) is 3.67. The van der Waals surface area contributed by atoms with Gasteiger partial charge in [0, 0.05) is 12.1 Å². The van der Waals surface area contributed by atoms with E-state index < -0.39 is 0 Å². The Morgan fingerprint density at radius 1 is 0.857 bits per heavy atom. The number of hydrogen-bond acceptors (Lipinski definition) is 3. The predicted octanol–water partition coefficient (Wildman–Crippen LogP) is 3.73. The van der Waals surface area contributed by atoms with Crippen molar-refractivity contribution >= 4 is 0 Å². The smallest absolute Gasteiger partial charge is 0.123 e. The zero-order valence-electron chi connectivity index (χ0n) is 13.8. The summed E-state index contributed by atoms with van der Waals surface area (Å²) < 4.78 is 5.35. The molecule has 0 fully saturated rings. The maximum absolute atomic E-state index is 5.35. The summed E-state index contributed by atoms with van der Waals surface area (Å²) >= 11 is 0. The van der Waals surface area contributed by atoms with Crippen LogP contribution in [0.2, 0.25) is 0 Å². The maximum atomic E-state index is 5.35. The fourth-order valence-corrected chi connectivity index (χ4v) is 2.35. The molecule has 0 amide bonds. The molecule has 21 heavy (non-hydrogen) atoms. The average molecular weight is 292 g/mol. The highest BCUT2D eigenvalue weighted by Crippen LogP contribution is 2.16. The molecule has 1 aromatic carbocycles. The number of para-hydroxylation sites is 1. The van der Waals surface area contributed by atoms with Crippen LogP contribution in [-0.2, 0) is 6.54 Å². The number of ether oxygens (including phenoxy) is 1. The van der Waals surface area contributed by atoms with Crippen molar-refractivity contribution in [3.8, 4) is 5.75 Å². The normalized spacial score (nSPS) is 10.8. The van der Waals surface area contributed by atoms with Gasteiger partial charge in [-0.3, -0.25) is 0 Å². The lowest BCUT2D eigenvalue weighted by molar-refractivity contribution is 0.407. The van der Waals surface area contributed by atoms with E-state index in [1.165, 1.54) is 57.2 Å². The third-order valence-corrected chi connectivity index (χ3v) is 3.67. The summed E-state index contributed by atoms with van der Waals surface area (Å²) in [6.45, 7) is 6.56. The van der Waals surface area contributed by atoms with Crippen LogP contribution in [-0.4, -0.2) is 26.7 Å². The average Bonchev–Trinajstić information content (AvgIpc) is 2.53. The molecule has 0 saturated heterocycles. The topological polar surface area (TPSA) is 33.3 Å². The molecule has 0 unspecified atom stereocenters. The van der Waals surface area contributed by atoms with Gasteiger partial charge in [-0.1, -0.05) is 44.4 Å². The SMILES string of the molecule is CCCCNCCCCCCNCc1ccccc1OC. The van der Waals surface area contributed by atoms with Gasteiger partial charge in [0.2, 0.25) is 0 Å². The summed E-state index contributed by atoms with van der Waals surface area (Å²) in [5, 5.41) is 6.99. The highest BCUT2D eigenvalue weighted by Gasteiger charge is 2.00. The summed E-state index contributed by atoms with van der Waals surface area (Å²) in [4.78, 5) is 0. The van der Waals surface area contributed by atoms with Crippen molar-refractivity contribution in [1.29, 1.82) is 0 Å². The van der Waals surface area contributed by atoms with Gasteiger partial charge in [0.05, 0.1) is 7.11 Å². The van der Waals surface area contributed by atoms with E-state index >= 15 is 0 Å². The number of benzene rings is 1. The number of unbranched alkanes of at least 4 members (excludes halogenated alkanes) is 4. The van der Waals surface area contributed by atoms with E-state index in [2.05, 4.69) is 29.7 Å². The molecule has 0 bridgehead atoms. The monoisotopic (exact) mass is 292 g/mol. The highest BCUT2D eigenvalue weighted by molar-refractivity contribution is 5.32. The number of rotatable bonds is 13. The number of methoxy groups -OCH3 is 1. The number of hydrogen-bond donors (Lipinski definition) is 2. The van der Waals surface area contributed by atoms with E-state index in [1.54, 1.807) is 7.11 Å². The van der Waals surface area contributed by atoms with Crippen LogP contribution in [0.5, 0.6) is 5.75 Å². The summed E-state index contributed by atoms with van der Waals surface area (Å²) in [5.41, 5.74) is 1.24. The molecule has 0 aromatic heterocycles. The molecule has 3 heteroatoms. The Balaban J connectivity index is 1.93. The van der Waals surface area contributed by atoms with Crippen molar-refractivity contribution < 1.29 is 4.74 Å². The standard InChI is InChI=1S/C18H32N2O/c1-3-4-13-19-14-9-5-6-10-15-20-16-17-11-7-8-12-18(17)21-2/h7-8,11-12,19-20H,3-6,9-10,13-16H2,1-2H3. The van der Waals surface area contributed by atoms with Crippen molar-refractivity contribution in [2.75, 3.05) is 26.7 Å². The van der Waals surface area contributed by atoms with Crippen molar-refractivity contribution in [1.82, 2.24) is 10.6 Å². The molecule has 0 radical (unpaired) electrons. The van der Waals surface area contributed by atoms with Crippen molar-refractivity contribution in [3.05, 3.63) is 29.8 Å². The lowest BCUT2D eigenvalue weighted by atomic mass is 10.1. The van der Waals surface area contributed by atoms with E-state index in [0.717, 1.165) is 18.8 Å². The van der Waals surface area contributed by atoms with E-state index in [-0.39, 0.29) is 0 Å². The van der Waals surface area contributed by atoms with Crippen LogP contribution in [0.4, 0.5) is 0 Å². The molecule has 0 aliphatic rings. The van der Waals surface area contributed by atoms with Gasteiger partial charge >= 0.3 is 0 Å². The first kappa shape index (κ1) is 18.0. The summed E-state index contributed by atoms with van der Waals surface area (Å²) in [5.74, 6) is 0.975. The Labute approximate surface area is 130 Å². The first-order valence-electron chi connectivity index (χ1n) is 8.41. The van der Waals surface area contributed by atoms with Gasteiger partial charge in [-0.05, 0) is 45.0 Å². The maximum Gasteiger partial charge on any atom is 0.123 e. The minimum Gasteiger partial charge on any atom is -0.496 e. The van der Waals surface area contributed by atoms with Gasteiger partial charge in [-0.25, -0.2) is 0 Å². The zero-order valence-corrected chi connectivity index (χ0v) is 13.8. The fraction of sp³-hybridized carbons (Fsp3) is 0.667. The van der Waals surface area contributed by atoms with E-state index in [1.807, 2.05) is 12.1 Å². The van der Waals surface area contributed by atoms with Gasteiger partial charge < -0.3 is 15.4 Å². The van der Waals surface area contributed by atoms with Crippen LogP contribution >= 0.6 is 0 Å². The van der Waals surface area contributed by atoms with Crippen molar-refractivity contribution in [3.63, 3.8) is 0 Å². The second-order valence-electron chi connectivity index (χ2n) is 5.51. The Hall–Kier alpha value is -1.06. The second-order valence-corrected chi connectivity index (χ2v) is 5.51. The van der Waals surface area contributed by atoms with Crippen LogP contribution in [0.1, 0.15) is 51.0 Å². The minimum absolute atomic E-state index is 0.891. The third kappa shape index (κ3) is 8.74. The van der Waals surface area contributed by atoms with Gasteiger partial charge in [0.1, 0.15) is 5.75 Å². The zero-order chi connectivity index (χ0) is 15.2. The van der Waals surface area contributed by atoms with Gasteiger partial charge in [-0.15, -0.1) is 0 Å². The second kappa shape index (κ2) is 12.7. The van der Waals surface area contributed by atoms with Crippen molar-refractivity contribution in [2.24, 2.45) is 0 Å². The molecular formula is C18H32N2O. The Morgan fingerprint density at radius 3 is 2.24 bits per heavy atom. The summed E-state index contributed by atoms with van der Waals surface area (Å²) in [6.07, 6.45) is 7.78. The highest BCUT2D eigenvalue weighted by atomic mass is 16.5. The van der Waals surface area contributed by atoms with Gasteiger partial charge in [-0.2, -0.15) is 0 Å². The van der Waals surface area contributed by atoms with Crippen LogP contribution < -0.4 is 15.4 Å². The lowest BCUT2D eigenvalue weighted by Gasteiger charge is -2.09. The van der Waals surface area contributed by atoms with Gasteiger partial charge in [0.15, 0.2) is 0 Å². The van der Waals surface area contributed by atoms with Crippen molar-refractivity contribution in [2.45, 2.75) is 52.0 Å². The van der Waals surface area contributed by atoms with E-state index in [4.69, 9.17) is 4.74 Å². The van der Waals surface area contributed by atoms with E-state index in [0.29, 0.717) is 0 Å². The Morgan fingerprint density at radius 2 is 1.52 bits per heavy atom. The lowest BCUT2D eigenvalue weighted by Crippen LogP contribution is -2.17. The fourth-order valence-electron chi connectivity index (χ4n) is 2.35. The van der Waals surface area contributed by atoms with Crippen LogP contribution in [0, 0.1) is 0 Å². The Bertz CT molecular complexity index is 355. The first-order chi connectivity index (χ1) is 10.4. The molecule has 0 atom stereocenters. The molecule has 120 valence electrons. The summed E-state index contributed by atoms with van der Waals surface area (Å²) in [6, 6.07) is 8.21. The van der Waals surface area contributed by atoms with E-state index in [9.17, 15) is 0 Å². The molecule has 1 aromatic rings. The predicted molar refractivity (Wildman–Crippen MR) is 90.9 cm³/mol.